The van der Waals surface area contributed by atoms with Gasteiger partial charge in [-0.3, -0.25) is 4.79 Å². The topological polar surface area (TPSA) is 37.6 Å². The van der Waals surface area contributed by atoms with Crippen molar-refractivity contribution in [3.63, 3.8) is 0 Å². The smallest absolute Gasteiger partial charge is 0.209 e. The Bertz CT molecular complexity index is 1060. The fourth-order valence-corrected chi connectivity index (χ4v) is 5.00. The van der Waals surface area contributed by atoms with Gasteiger partial charge in [0.1, 0.15) is 11.5 Å². The summed E-state index contributed by atoms with van der Waals surface area (Å²) in [4.78, 5) is 19.4. The van der Waals surface area contributed by atoms with E-state index in [1.54, 1.807) is 11.3 Å². The maximum absolute atomic E-state index is 11.2. The number of piperidine rings is 1. The van der Waals surface area contributed by atoms with Crippen LogP contribution in [0.15, 0.2) is 54.7 Å². The molecule has 1 atom stereocenters. The van der Waals surface area contributed by atoms with Gasteiger partial charge in [0, 0.05) is 29.9 Å². The lowest BCUT2D eigenvalue weighted by atomic mass is 9.98. The highest BCUT2D eigenvalue weighted by Gasteiger charge is 2.26. The number of hydrogen-bond acceptors (Lipinski definition) is 3. The van der Waals surface area contributed by atoms with Crippen LogP contribution in [0.4, 0.5) is 0 Å². The number of carbonyl (C=O) groups excluding carboxylic acids is 1. The van der Waals surface area contributed by atoms with Gasteiger partial charge in [-0.05, 0) is 42.5 Å². The molecule has 1 aromatic carbocycles. The van der Waals surface area contributed by atoms with Crippen molar-refractivity contribution in [2.24, 2.45) is 0 Å². The second-order valence-electron chi connectivity index (χ2n) is 6.86. The van der Waals surface area contributed by atoms with Crippen LogP contribution in [0.5, 0.6) is 0 Å². The van der Waals surface area contributed by atoms with Gasteiger partial charge in [-0.25, -0.2) is 4.98 Å². The van der Waals surface area contributed by atoms with Gasteiger partial charge < -0.3 is 9.30 Å². The van der Waals surface area contributed by atoms with Gasteiger partial charge in [-0.15, -0.1) is 11.3 Å². The monoisotopic (exact) mass is 361 g/mol. The number of carbonyl (C=O) groups is 1. The van der Waals surface area contributed by atoms with E-state index in [-0.39, 0.29) is 5.92 Å². The molecule has 3 aromatic heterocycles. The molecule has 1 aliphatic rings. The minimum absolute atomic E-state index is 0.284. The molecule has 1 saturated heterocycles. The van der Waals surface area contributed by atoms with Gasteiger partial charge in [0.05, 0.1) is 10.4 Å². The number of thiophene rings is 1. The van der Waals surface area contributed by atoms with Crippen LogP contribution in [0.3, 0.4) is 0 Å². The largest absolute Gasteiger partial charge is 0.345 e. The Morgan fingerprint density at radius 3 is 2.92 bits per heavy atom. The second-order valence-corrected chi connectivity index (χ2v) is 7.95. The summed E-state index contributed by atoms with van der Waals surface area (Å²) in [7, 11) is 0. The number of aromatic nitrogens is 2. The van der Waals surface area contributed by atoms with Crippen LogP contribution in [-0.4, -0.2) is 33.8 Å². The molecule has 0 aliphatic carbocycles. The Kier molecular flexibility index (Phi) is 3.75. The number of hydrogen-bond donors (Lipinski definition) is 0. The second kappa shape index (κ2) is 6.25. The molecule has 0 bridgehead atoms. The molecule has 4 nitrogen and oxygen atoms in total. The van der Waals surface area contributed by atoms with E-state index in [2.05, 4.69) is 53.1 Å². The van der Waals surface area contributed by atoms with Crippen LogP contribution >= 0.6 is 11.3 Å². The molecule has 5 heteroatoms. The van der Waals surface area contributed by atoms with Gasteiger partial charge in [-0.2, -0.15) is 0 Å². The molecule has 0 radical (unpaired) electrons. The summed E-state index contributed by atoms with van der Waals surface area (Å²) in [6.07, 6.45) is 5.16. The molecule has 5 rings (SSSR count). The third-order valence-corrected chi connectivity index (χ3v) is 6.32. The predicted molar refractivity (Wildman–Crippen MR) is 106 cm³/mol. The lowest BCUT2D eigenvalue weighted by Crippen LogP contribution is -2.33. The summed E-state index contributed by atoms with van der Waals surface area (Å²) in [5, 5.41) is 1.26. The molecule has 130 valence electrons. The van der Waals surface area contributed by atoms with Crippen molar-refractivity contribution < 1.29 is 4.79 Å². The van der Waals surface area contributed by atoms with Crippen LogP contribution < -0.4 is 0 Å². The first kappa shape index (κ1) is 15.6. The van der Waals surface area contributed by atoms with Crippen molar-refractivity contribution in [3.05, 3.63) is 60.6 Å². The molecule has 4 aromatic rings. The summed E-state index contributed by atoms with van der Waals surface area (Å²) in [5.41, 5.74) is 2.18. The van der Waals surface area contributed by atoms with Crippen molar-refractivity contribution in [1.29, 1.82) is 0 Å². The Morgan fingerprint density at radius 2 is 2.04 bits per heavy atom. The average Bonchev–Trinajstić information content (AvgIpc) is 3.29. The lowest BCUT2D eigenvalue weighted by Gasteiger charge is -2.29. The standard InChI is InChI=1S/C21H19N3OS/c25-14-23-10-5-7-16(13-23)21-22-20(17-8-3-4-11-24(17)21)19-12-15-6-1-2-9-18(15)26-19/h1-4,6,8-9,11-12,14,16H,5,7,10,13H2. The molecule has 1 amide bonds. The molecule has 1 unspecified atom stereocenters. The van der Waals surface area contributed by atoms with Crippen LogP contribution in [0.25, 0.3) is 26.2 Å². The minimum atomic E-state index is 0.284. The van der Waals surface area contributed by atoms with E-state index in [1.807, 2.05) is 11.0 Å². The van der Waals surface area contributed by atoms with Gasteiger partial charge in [0.15, 0.2) is 0 Å². The Labute approximate surface area is 155 Å². The van der Waals surface area contributed by atoms with Crippen molar-refractivity contribution in [3.8, 4) is 10.6 Å². The zero-order chi connectivity index (χ0) is 17.5. The SMILES string of the molecule is O=CN1CCCC(c2nc(-c3cc4ccccc4s3)c3ccccn23)C1. The van der Waals surface area contributed by atoms with Crippen LogP contribution in [0.1, 0.15) is 24.6 Å². The van der Waals surface area contributed by atoms with E-state index in [1.165, 1.54) is 15.0 Å². The summed E-state index contributed by atoms with van der Waals surface area (Å²) >= 11 is 1.79. The van der Waals surface area contributed by atoms with E-state index in [4.69, 9.17) is 4.98 Å². The number of fused-ring (bicyclic) bond motifs is 2. The molecule has 1 aliphatic heterocycles. The van der Waals surface area contributed by atoms with Crippen LogP contribution in [0.2, 0.25) is 0 Å². The van der Waals surface area contributed by atoms with Crippen molar-refractivity contribution in [1.82, 2.24) is 14.3 Å². The van der Waals surface area contributed by atoms with Gasteiger partial charge in [0.2, 0.25) is 6.41 Å². The van der Waals surface area contributed by atoms with E-state index < -0.39 is 0 Å². The van der Waals surface area contributed by atoms with Crippen molar-refractivity contribution in [2.75, 3.05) is 13.1 Å². The average molecular weight is 361 g/mol. The summed E-state index contributed by atoms with van der Waals surface area (Å²) in [6.45, 7) is 1.61. The number of imidazole rings is 1. The number of rotatable bonds is 3. The van der Waals surface area contributed by atoms with Crippen molar-refractivity contribution >= 4 is 33.3 Å². The first-order valence-electron chi connectivity index (χ1n) is 8.99. The first-order valence-corrected chi connectivity index (χ1v) is 9.80. The first-order chi connectivity index (χ1) is 12.8. The molecule has 0 spiro atoms. The van der Waals surface area contributed by atoms with E-state index in [0.29, 0.717) is 0 Å². The number of amides is 1. The molecule has 4 heterocycles. The van der Waals surface area contributed by atoms with Crippen LogP contribution in [0, 0.1) is 0 Å². The Hall–Kier alpha value is -2.66. The number of pyridine rings is 1. The Morgan fingerprint density at radius 1 is 1.15 bits per heavy atom. The fourth-order valence-electron chi connectivity index (χ4n) is 3.94. The quantitative estimate of drug-likeness (QED) is 0.502. The number of benzene rings is 1. The molecular formula is C21H19N3OS. The highest BCUT2D eigenvalue weighted by molar-refractivity contribution is 7.22. The van der Waals surface area contributed by atoms with Crippen LogP contribution in [-0.2, 0) is 4.79 Å². The lowest BCUT2D eigenvalue weighted by molar-refractivity contribution is -0.119. The maximum Gasteiger partial charge on any atom is 0.209 e. The summed E-state index contributed by atoms with van der Waals surface area (Å²) in [6, 6.07) is 16.9. The highest BCUT2D eigenvalue weighted by atomic mass is 32.1. The van der Waals surface area contributed by atoms with Gasteiger partial charge in [-0.1, -0.05) is 24.3 Å². The molecule has 0 N–H and O–H groups in total. The van der Waals surface area contributed by atoms with E-state index in [9.17, 15) is 4.79 Å². The number of likely N-dealkylation sites (tertiary alicyclic amines) is 1. The molecule has 1 fully saturated rings. The van der Waals surface area contributed by atoms with E-state index >= 15 is 0 Å². The zero-order valence-corrected chi connectivity index (χ0v) is 15.2. The summed E-state index contributed by atoms with van der Waals surface area (Å²) in [5.74, 6) is 1.35. The highest BCUT2D eigenvalue weighted by Crippen LogP contribution is 2.37. The minimum Gasteiger partial charge on any atom is -0.345 e. The third kappa shape index (κ3) is 2.51. The molecule has 0 saturated carbocycles. The zero-order valence-electron chi connectivity index (χ0n) is 14.3. The predicted octanol–water partition coefficient (Wildman–Crippen LogP) is 4.55. The Balaban J connectivity index is 1.66. The molecule has 26 heavy (non-hydrogen) atoms. The van der Waals surface area contributed by atoms with E-state index in [0.717, 1.165) is 49.4 Å². The molecular weight excluding hydrogens is 342 g/mol. The van der Waals surface area contributed by atoms with Gasteiger partial charge >= 0.3 is 0 Å². The normalized spacial score (nSPS) is 17.8. The maximum atomic E-state index is 11.2. The fraction of sp³-hybridized carbons (Fsp3) is 0.238. The number of nitrogens with zero attached hydrogens (tertiary/aromatic N) is 3. The van der Waals surface area contributed by atoms with Gasteiger partial charge in [0.25, 0.3) is 0 Å². The summed E-state index contributed by atoms with van der Waals surface area (Å²) < 4.78 is 3.49. The van der Waals surface area contributed by atoms with Crippen molar-refractivity contribution in [2.45, 2.75) is 18.8 Å². The third-order valence-electron chi connectivity index (χ3n) is 5.20.